The summed E-state index contributed by atoms with van der Waals surface area (Å²) in [4.78, 5) is 2.55. The lowest BCUT2D eigenvalue weighted by molar-refractivity contribution is 0.0912. The maximum atomic E-state index is 5.65. The Kier molecular flexibility index (Phi) is 5.27. The number of piperidine rings is 1. The maximum absolute atomic E-state index is 5.65. The smallest absolute Gasteiger partial charge is 0.209 e. The first-order valence-electron chi connectivity index (χ1n) is 7.65. The van der Waals surface area contributed by atoms with Crippen LogP contribution in [-0.4, -0.2) is 63.2 Å². The molecule has 0 amide bonds. The topological polar surface area (TPSA) is 56.1 Å². The molecule has 0 radical (unpaired) electrons. The van der Waals surface area contributed by atoms with E-state index in [1.165, 1.54) is 32.4 Å². The molecule has 2 saturated heterocycles. The monoisotopic (exact) mass is 297 g/mol. The number of rotatable bonds is 6. The second kappa shape index (κ2) is 7.38. The van der Waals surface area contributed by atoms with E-state index >= 15 is 0 Å². The summed E-state index contributed by atoms with van der Waals surface area (Å²) in [6.07, 6.45) is 6.66. The summed E-state index contributed by atoms with van der Waals surface area (Å²) in [6, 6.07) is 0. The van der Waals surface area contributed by atoms with Gasteiger partial charge in [-0.3, -0.25) is 0 Å². The molecule has 6 nitrogen and oxygen atoms in total. The third kappa shape index (κ3) is 3.93. The molecule has 1 aromatic rings. The van der Waals surface area contributed by atoms with E-state index < -0.39 is 0 Å². The van der Waals surface area contributed by atoms with Crippen LogP contribution in [0.15, 0.2) is 5.16 Å². The van der Waals surface area contributed by atoms with Crippen molar-refractivity contribution in [3.05, 3.63) is 0 Å². The first-order chi connectivity index (χ1) is 9.92. The molecule has 2 aliphatic rings. The first-order valence-corrected chi connectivity index (χ1v) is 8.63. The van der Waals surface area contributed by atoms with Gasteiger partial charge in [0.2, 0.25) is 5.16 Å². The number of likely N-dealkylation sites (tertiary alicyclic amines) is 1. The van der Waals surface area contributed by atoms with E-state index in [1.54, 1.807) is 11.8 Å². The van der Waals surface area contributed by atoms with Crippen molar-refractivity contribution in [2.45, 2.75) is 49.9 Å². The molecular weight excluding hydrogens is 274 g/mol. The Balaban J connectivity index is 1.43. The zero-order chi connectivity index (χ0) is 13.6. The van der Waals surface area contributed by atoms with Gasteiger partial charge in [-0.1, -0.05) is 18.2 Å². The highest BCUT2D eigenvalue weighted by Gasteiger charge is 2.19. The van der Waals surface area contributed by atoms with Crippen LogP contribution in [0.2, 0.25) is 0 Å². The van der Waals surface area contributed by atoms with Crippen molar-refractivity contribution in [2.24, 2.45) is 0 Å². The lowest BCUT2D eigenvalue weighted by atomic mass is 10.1. The Morgan fingerprint density at radius 2 is 2.10 bits per heavy atom. The summed E-state index contributed by atoms with van der Waals surface area (Å²) >= 11 is 1.76. The number of tetrazole rings is 1. The fourth-order valence-corrected chi connectivity index (χ4v) is 3.73. The van der Waals surface area contributed by atoms with Crippen molar-refractivity contribution in [3.63, 3.8) is 0 Å². The van der Waals surface area contributed by atoms with Crippen molar-refractivity contribution in [2.75, 3.05) is 32.0 Å². The molecule has 2 aliphatic heterocycles. The summed E-state index contributed by atoms with van der Waals surface area (Å²) in [6.45, 7) is 5.31. The average molecular weight is 297 g/mol. The standard InChI is InChI=1S/C13H23N5OS/c1-2-6-17(7-3-1)8-10-20-13-14-15-16-18(13)11-12-5-4-9-19-12/h12H,1-11H2. The van der Waals surface area contributed by atoms with Gasteiger partial charge >= 0.3 is 0 Å². The van der Waals surface area contributed by atoms with Gasteiger partial charge in [0.25, 0.3) is 0 Å². The average Bonchev–Trinajstić information content (AvgIpc) is 3.13. The van der Waals surface area contributed by atoms with Gasteiger partial charge in [-0.25, -0.2) is 4.68 Å². The fourth-order valence-electron chi connectivity index (χ4n) is 2.84. The Morgan fingerprint density at radius 1 is 1.20 bits per heavy atom. The number of thioether (sulfide) groups is 1. The molecule has 112 valence electrons. The predicted molar refractivity (Wildman–Crippen MR) is 77.8 cm³/mol. The third-order valence-electron chi connectivity index (χ3n) is 3.99. The summed E-state index contributed by atoms with van der Waals surface area (Å²) in [5.74, 6) is 1.06. The van der Waals surface area contributed by atoms with Crippen LogP contribution in [0.4, 0.5) is 0 Å². The van der Waals surface area contributed by atoms with Crippen LogP contribution in [0.5, 0.6) is 0 Å². The molecule has 1 unspecified atom stereocenters. The predicted octanol–water partition coefficient (Wildman–Crippen LogP) is 1.43. The van der Waals surface area contributed by atoms with Gasteiger partial charge in [0.05, 0.1) is 12.6 Å². The van der Waals surface area contributed by atoms with Gasteiger partial charge in [-0.05, 0) is 49.2 Å². The SMILES string of the molecule is C1CCN(CCSc2nnnn2CC2CCCO2)CC1. The molecule has 2 fully saturated rings. The normalized spacial score (nSPS) is 24.3. The van der Waals surface area contributed by atoms with Gasteiger partial charge < -0.3 is 9.64 Å². The van der Waals surface area contributed by atoms with Crippen LogP contribution in [0.3, 0.4) is 0 Å². The minimum absolute atomic E-state index is 0.292. The molecular formula is C13H23N5OS. The molecule has 0 bridgehead atoms. The molecule has 1 atom stereocenters. The first kappa shape index (κ1) is 14.3. The lowest BCUT2D eigenvalue weighted by Gasteiger charge is -2.25. The molecule has 3 heterocycles. The highest BCUT2D eigenvalue weighted by Crippen LogP contribution is 2.19. The van der Waals surface area contributed by atoms with Crippen molar-refractivity contribution in [1.82, 2.24) is 25.1 Å². The van der Waals surface area contributed by atoms with Crippen LogP contribution in [0.25, 0.3) is 0 Å². The number of hydrogen-bond donors (Lipinski definition) is 0. The van der Waals surface area contributed by atoms with E-state index in [4.69, 9.17) is 4.74 Å². The van der Waals surface area contributed by atoms with E-state index in [1.807, 2.05) is 4.68 Å². The summed E-state index contributed by atoms with van der Waals surface area (Å²) in [7, 11) is 0. The largest absolute Gasteiger partial charge is 0.376 e. The molecule has 1 aromatic heterocycles. The van der Waals surface area contributed by atoms with E-state index in [9.17, 15) is 0 Å². The molecule has 20 heavy (non-hydrogen) atoms. The Labute approximate surface area is 124 Å². The summed E-state index contributed by atoms with van der Waals surface area (Å²) in [5.41, 5.74) is 0. The number of nitrogens with zero attached hydrogens (tertiary/aromatic N) is 5. The summed E-state index contributed by atoms with van der Waals surface area (Å²) in [5, 5.41) is 12.9. The zero-order valence-electron chi connectivity index (χ0n) is 11.9. The molecule has 3 rings (SSSR count). The van der Waals surface area contributed by atoms with E-state index in [0.717, 1.165) is 43.4 Å². The Bertz CT molecular complexity index is 401. The molecule has 0 aromatic carbocycles. The van der Waals surface area contributed by atoms with Crippen molar-refractivity contribution in [3.8, 4) is 0 Å². The van der Waals surface area contributed by atoms with Crippen molar-refractivity contribution in [1.29, 1.82) is 0 Å². The molecule has 7 heteroatoms. The summed E-state index contributed by atoms with van der Waals surface area (Å²) < 4.78 is 7.55. The third-order valence-corrected chi connectivity index (χ3v) is 4.92. The highest BCUT2D eigenvalue weighted by molar-refractivity contribution is 7.99. The second-order valence-corrected chi connectivity index (χ2v) is 6.59. The van der Waals surface area contributed by atoms with E-state index in [0.29, 0.717) is 6.10 Å². The maximum Gasteiger partial charge on any atom is 0.209 e. The fraction of sp³-hybridized carbons (Fsp3) is 0.923. The van der Waals surface area contributed by atoms with E-state index in [-0.39, 0.29) is 0 Å². The molecule has 0 spiro atoms. The minimum Gasteiger partial charge on any atom is -0.376 e. The van der Waals surface area contributed by atoms with E-state index in [2.05, 4.69) is 20.4 Å². The van der Waals surface area contributed by atoms with Gasteiger partial charge in [-0.2, -0.15) is 0 Å². The van der Waals surface area contributed by atoms with Crippen LogP contribution in [0, 0.1) is 0 Å². The minimum atomic E-state index is 0.292. The molecule has 0 N–H and O–H groups in total. The van der Waals surface area contributed by atoms with Crippen molar-refractivity contribution < 1.29 is 4.74 Å². The van der Waals surface area contributed by atoms with Crippen LogP contribution < -0.4 is 0 Å². The van der Waals surface area contributed by atoms with Crippen molar-refractivity contribution >= 4 is 11.8 Å². The Morgan fingerprint density at radius 3 is 2.90 bits per heavy atom. The Hall–Kier alpha value is -0.660. The number of hydrogen-bond acceptors (Lipinski definition) is 6. The number of aromatic nitrogens is 4. The molecule has 0 aliphatic carbocycles. The zero-order valence-corrected chi connectivity index (χ0v) is 12.7. The number of ether oxygens (including phenoxy) is 1. The molecule has 0 saturated carbocycles. The highest BCUT2D eigenvalue weighted by atomic mass is 32.2. The van der Waals surface area contributed by atoms with Gasteiger partial charge in [-0.15, -0.1) is 5.10 Å². The van der Waals surface area contributed by atoms with Crippen LogP contribution >= 0.6 is 11.8 Å². The van der Waals surface area contributed by atoms with Gasteiger partial charge in [0.15, 0.2) is 0 Å². The van der Waals surface area contributed by atoms with Gasteiger partial charge in [0, 0.05) is 18.9 Å². The van der Waals surface area contributed by atoms with Gasteiger partial charge in [0.1, 0.15) is 0 Å². The quantitative estimate of drug-likeness (QED) is 0.740. The second-order valence-electron chi connectivity index (χ2n) is 5.53. The lowest BCUT2D eigenvalue weighted by Crippen LogP contribution is -2.31. The van der Waals surface area contributed by atoms with Crippen LogP contribution in [-0.2, 0) is 11.3 Å². The van der Waals surface area contributed by atoms with Crippen LogP contribution in [0.1, 0.15) is 32.1 Å².